The van der Waals surface area contributed by atoms with Gasteiger partial charge >= 0.3 is 0 Å². The van der Waals surface area contributed by atoms with Crippen molar-refractivity contribution in [3.05, 3.63) is 35.9 Å². The Balaban J connectivity index is 2.05. The van der Waals surface area contributed by atoms with Crippen LogP contribution in [0.2, 0.25) is 0 Å². The van der Waals surface area contributed by atoms with Crippen LogP contribution in [0.15, 0.2) is 30.3 Å². The molecule has 1 saturated carbocycles. The average Bonchev–Trinajstić information content (AvgIpc) is 3.11. The highest BCUT2D eigenvalue weighted by atomic mass is 35.5. The van der Waals surface area contributed by atoms with Gasteiger partial charge in [0, 0.05) is 5.88 Å². The monoisotopic (exact) mass is 223 g/mol. The van der Waals surface area contributed by atoms with Gasteiger partial charge in [-0.3, -0.25) is 0 Å². The molecule has 0 spiro atoms. The van der Waals surface area contributed by atoms with Crippen LogP contribution in [0, 0.1) is 5.92 Å². The summed E-state index contributed by atoms with van der Waals surface area (Å²) in [4.78, 5) is 0. The molecule has 0 amide bonds. The molecule has 1 N–H and O–H groups in total. The lowest BCUT2D eigenvalue weighted by molar-refractivity contribution is 0.400. The van der Waals surface area contributed by atoms with E-state index in [1.807, 2.05) is 6.07 Å². The van der Waals surface area contributed by atoms with Crippen LogP contribution in [0.4, 0.5) is 0 Å². The second-order valence-electron chi connectivity index (χ2n) is 4.66. The summed E-state index contributed by atoms with van der Waals surface area (Å²) in [5, 5.41) is 3.59. The Labute approximate surface area is 96.8 Å². The smallest absolute Gasteiger partial charge is 0.0543 e. The molecule has 0 radical (unpaired) electrons. The largest absolute Gasteiger partial charge is 0.306 e. The Morgan fingerprint density at radius 1 is 1.33 bits per heavy atom. The zero-order valence-corrected chi connectivity index (χ0v) is 9.93. The van der Waals surface area contributed by atoms with E-state index < -0.39 is 0 Å². The van der Waals surface area contributed by atoms with Crippen molar-refractivity contribution in [2.75, 3.05) is 12.4 Å². The van der Waals surface area contributed by atoms with E-state index >= 15 is 0 Å². The van der Waals surface area contributed by atoms with Gasteiger partial charge in [-0.05, 0) is 37.8 Å². The minimum Gasteiger partial charge on any atom is -0.306 e. The number of benzene rings is 1. The molecule has 0 bridgehead atoms. The number of alkyl halides is 1. The third-order valence-corrected chi connectivity index (χ3v) is 3.69. The van der Waals surface area contributed by atoms with Gasteiger partial charge < -0.3 is 5.32 Å². The lowest BCUT2D eigenvalue weighted by atomic mass is 9.94. The SMILES string of the molecule is CC(CCl)(NCC1CC1)c1ccccc1. The van der Waals surface area contributed by atoms with E-state index in [0.29, 0.717) is 5.88 Å². The van der Waals surface area contributed by atoms with Crippen molar-refractivity contribution in [3.8, 4) is 0 Å². The van der Waals surface area contributed by atoms with Gasteiger partial charge in [0.05, 0.1) is 5.54 Å². The summed E-state index contributed by atoms with van der Waals surface area (Å²) in [6.07, 6.45) is 2.75. The zero-order chi connectivity index (χ0) is 10.7. The van der Waals surface area contributed by atoms with Crippen molar-refractivity contribution in [2.24, 2.45) is 5.92 Å². The second kappa shape index (κ2) is 4.54. The highest BCUT2D eigenvalue weighted by Gasteiger charge is 2.28. The molecule has 1 aliphatic rings. The van der Waals surface area contributed by atoms with Gasteiger partial charge in [-0.1, -0.05) is 30.3 Å². The van der Waals surface area contributed by atoms with Crippen molar-refractivity contribution in [1.29, 1.82) is 0 Å². The fraction of sp³-hybridized carbons (Fsp3) is 0.538. The van der Waals surface area contributed by atoms with Crippen molar-refractivity contribution in [2.45, 2.75) is 25.3 Å². The van der Waals surface area contributed by atoms with Crippen LogP contribution < -0.4 is 5.32 Å². The van der Waals surface area contributed by atoms with Gasteiger partial charge in [-0.2, -0.15) is 0 Å². The molecule has 15 heavy (non-hydrogen) atoms. The number of hydrogen-bond acceptors (Lipinski definition) is 1. The van der Waals surface area contributed by atoms with Crippen molar-refractivity contribution in [1.82, 2.24) is 5.32 Å². The summed E-state index contributed by atoms with van der Waals surface area (Å²) < 4.78 is 0. The number of halogens is 1. The highest BCUT2D eigenvalue weighted by Crippen LogP contribution is 2.30. The topological polar surface area (TPSA) is 12.0 Å². The van der Waals surface area contributed by atoms with Gasteiger partial charge in [0.1, 0.15) is 0 Å². The van der Waals surface area contributed by atoms with Gasteiger partial charge in [0.15, 0.2) is 0 Å². The van der Waals surface area contributed by atoms with Crippen molar-refractivity contribution < 1.29 is 0 Å². The first-order valence-electron chi connectivity index (χ1n) is 5.61. The van der Waals surface area contributed by atoms with Crippen molar-refractivity contribution in [3.63, 3.8) is 0 Å². The maximum absolute atomic E-state index is 6.08. The lowest BCUT2D eigenvalue weighted by Gasteiger charge is -2.29. The quantitative estimate of drug-likeness (QED) is 0.757. The molecule has 0 saturated heterocycles. The predicted octanol–water partition coefficient (Wildman–Crippen LogP) is 3.14. The molecule has 2 heteroatoms. The summed E-state index contributed by atoms with van der Waals surface area (Å²) in [7, 11) is 0. The van der Waals surface area contributed by atoms with Crippen LogP contribution in [-0.2, 0) is 5.54 Å². The molecule has 0 aliphatic heterocycles. The molecular weight excluding hydrogens is 206 g/mol. The maximum atomic E-state index is 6.08. The minimum absolute atomic E-state index is 0.0780. The molecule has 0 aromatic heterocycles. The average molecular weight is 224 g/mol. The van der Waals surface area contributed by atoms with Gasteiger partial charge in [-0.15, -0.1) is 11.6 Å². The molecule has 1 unspecified atom stereocenters. The van der Waals surface area contributed by atoms with Gasteiger partial charge in [0.25, 0.3) is 0 Å². The van der Waals surface area contributed by atoms with Crippen LogP contribution in [0.1, 0.15) is 25.3 Å². The van der Waals surface area contributed by atoms with E-state index in [-0.39, 0.29) is 5.54 Å². The van der Waals surface area contributed by atoms with E-state index in [4.69, 9.17) is 11.6 Å². The molecule has 1 aromatic rings. The van der Waals surface area contributed by atoms with E-state index in [0.717, 1.165) is 12.5 Å². The van der Waals surface area contributed by atoms with E-state index in [1.165, 1.54) is 18.4 Å². The van der Waals surface area contributed by atoms with Crippen LogP contribution in [0.25, 0.3) is 0 Å². The van der Waals surface area contributed by atoms with Crippen molar-refractivity contribution >= 4 is 11.6 Å². The minimum atomic E-state index is -0.0780. The molecule has 1 aliphatic carbocycles. The summed E-state index contributed by atoms with van der Waals surface area (Å²) in [5.74, 6) is 1.50. The van der Waals surface area contributed by atoms with Gasteiger partial charge in [-0.25, -0.2) is 0 Å². The Morgan fingerprint density at radius 3 is 2.53 bits per heavy atom. The van der Waals surface area contributed by atoms with Crippen LogP contribution in [-0.4, -0.2) is 12.4 Å². The fourth-order valence-electron chi connectivity index (χ4n) is 1.72. The third kappa shape index (κ3) is 2.73. The van der Waals surface area contributed by atoms with Crippen LogP contribution >= 0.6 is 11.6 Å². The number of nitrogens with one attached hydrogen (secondary N) is 1. The Morgan fingerprint density at radius 2 is 2.00 bits per heavy atom. The Kier molecular flexibility index (Phi) is 3.32. The number of rotatable bonds is 5. The van der Waals surface area contributed by atoms with Gasteiger partial charge in [0.2, 0.25) is 0 Å². The zero-order valence-electron chi connectivity index (χ0n) is 9.17. The molecule has 1 aromatic carbocycles. The van der Waals surface area contributed by atoms with E-state index in [9.17, 15) is 0 Å². The lowest BCUT2D eigenvalue weighted by Crippen LogP contribution is -2.42. The summed E-state index contributed by atoms with van der Waals surface area (Å²) in [6.45, 7) is 3.27. The van der Waals surface area contributed by atoms with E-state index in [2.05, 4.69) is 36.5 Å². The standard InChI is InChI=1S/C13H18ClN/c1-13(10-14,15-9-11-7-8-11)12-5-3-2-4-6-12/h2-6,11,15H,7-10H2,1H3. The summed E-state index contributed by atoms with van der Waals surface area (Å²) >= 11 is 6.08. The highest BCUT2D eigenvalue weighted by molar-refractivity contribution is 6.18. The van der Waals surface area contributed by atoms with Crippen LogP contribution in [0.3, 0.4) is 0 Å². The molecule has 0 heterocycles. The maximum Gasteiger partial charge on any atom is 0.0543 e. The summed E-state index contributed by atoms with van der Waals surface area (Å²) in [5.41, 5.74) is 1.20. The first-order chi connectivity index (χ1) is 7.24. The predicted molar refractivity (Wildman–Crippen MR) is 65.2 cm³/mol. The Hall–Kier alpha value is -0.530. The van der Waals surface area contributed by atoms with Crippen LogP contribution in [0.5, 0.6) is 0 Å². The first-order valence-corrected chi connectivity index (χ1v) is 6.14. The molecule has 1 atom stereocenters. The number of hydrogen-bond donors (Lipinski definition) is 1. The molecule has 1 nitrogen and oxygen atoms in total. The molecule has 2 rings (SSSR count). The first kappa shape index (κ1) is 11.0. The fourth-order valence-corrected chi connectivity index (χ4v) is 1.97. The van der Waals surface area contributed by atoms with E-state index in [1.54, 1.807) is 0 Å². The second-order valence-corrected chi connectivity index (χ2v) is 4.92. The normalized spacial score (nSPS) is 19.9. The molecular formula is C13H18ClN. The molecule has 1 fully saturated rings. The molecule has 82 valence electrons. The third-order valence-electron chi connectivity index (χ3n) is 3.16. The Bertz CT molecular complexity index is 308. The summed E-state index contributed by atoms with van der Waals surface area (Å²) in [6, 6.07) is 10.5.